The van der Waals surface area contributed by atoms with Gasteiger partial charge in [-0.15, -0.1) is 0 Å². The number of nitrogens with one attached hydrogen (secondary N) is 2. The highest BCUT2D eigenvalue weighted by molar-refractivity contribution is 6.22. The van der Waals surface area contributed by atoms with Crippen LogP contribution in [0.4, 0.5) is 5.69 Å². The molecule has 3 atom stereocenters. The van der Waals surface area contributed by atoms with Crippen LogP contribution in [-0.4, -0.2) is 68.8 Å². The number of nitrogens with zero attached hydrogens (tertiary/aromatic N) is 3. The highest BCUT2D eigenvalue weighted by Gasteiger charge is 2.60. The van der Waals surface area contributed by atoms with E-state index in [9.17, 15) is 34.8 Å². The number of aliphatic hydroxyl groups excluding tert-OH is 2. The second-order valence-electron chi connectivity index (χ2n) is 11.0. The summed E-state index contributed by atoms with van der Waals surface area (Å²) in [6.07, 6.45) is 3.04. The number of amides is 1. The van der Waals surface area contributed by atoms with Gasteiger partial charge in [0.2, 0.25) is 5.78 Å². The van der Waals surface area contributed by atoms with Gasteiger partial charge in [-0.05, 0) is 42.5 Å². The number of rotatable bonds is 7. The second kappa shape index (κ2) is 12.6. The number of Topliss-reactive ketones (excluding diaryl/α,β-unsaturated/α-hetero) is 2. The molecule has 14 heteroatoms. The Morgan fingerprint density at radius 2 is 1.64 bits per heavy atom. The molecule has 3 aliphatic rings. The SMILES string of the molecule is C.CC.NC(=O)C1=C(O)[C@@]2(O)C(=O)C3=C(O)c4c(O)c(CN(Cc5ccn[nH]5)Cc5ccn[nH]5)cc(N)c4CC3C[C@H]2CC1=O. The monoisotopic (exact) mass is 621 g/mol. The average Bonchev–Trinajstić information content (AvgIpc) is 3.69. The molecule has 1 saturated carbocycles. The fraction of sp³-hybridized carbons (Fsp3) is 0.387. The number of ketones is 2. The van der Waals surface area contributed by atoms with Gasteiger partial charge in [0.15, 0.2) is 11.4 Å². The molecule has 2 aromatic heterocycles. The van der Waals surface area contributed by atoms with Crippen molar-refractivity contribution in [3.8, 4) is 5.75 Å². The molecule has 0 spiro atoms. The van der Waals surface area contributed by atoms with Gasteiger partial charge in [0, 0.05) is 72.6 Å². The number of hydrogen-bond acceptors (Lipinski definition) is 11. The van der Waals surface area contributed by atoms with Gasteiger partial charge in [0.25, 0.3) is 5.91 Å². The number of phenolic OH excluding ortho intramolecular Hbond substituents is 1. The molecule has 1 fully saturated rings. The minimum atomic E-state index is -2.63. The lowest BCUT2D eigenvalue weighted by atomic mass is 9.59. The van der Waals surface area contributed by atoms with E-state index in [0.717, 1.165) is 11.4 Å². The van der Waals surface area contributed by atoms with Crippen LogP contribution in [0.2, 0.25) is 0 Å². The topological polar surface area (TPSA) is 245 Å². The Morgan fingerprint density at radius 3 is 2.18 bits per heavy atom. The number of H-pyrrole nitrogens is 2. The van der Waals surface area contributed by atoms with Crippen LogP contribution in [0.3, 0.4) is 0 Å². The molecule has 10 N–H and O–H groups in total. The number of fused-ring (bicyclic) bond motifs is 3. The van der Waals surface area contributed by atoms with E-state index in [-0.39, 0.29) is 55.8 Å². The number of aromatic hydroxyl groups is 1. The lowest BCUT2D eigenvalue weighted by Gasteiger charge is -2.46. The van der Waals surface area contributed by atoms with Gasteiger partial charge in [-0.1, -0.05) is 21.3 Å². The molecule has 14 nitrogen and oxygen atoms in total. The first-order chi connectivity index (χ1) is 21.0. The normalized spacial score (nSPS) is 22.2. The van der Waals surface area contributed by atoms with Crippen molar-refractivity contribution in [3.63, 3.8) is 0 Å². The quantitative estimate of drug-likeness (QED) is 0.108. The number of aliphatic hydroxyl groups is 3. The molecule has 1 amide bonds. The molecule has 3 aromatic rings. The van der Waals surface area contributed by atoms with Crippen LogP contribution >= 0.6 is 0 Å². The van der Waals surface area contributed by atoms with Gasteiger partial charge in [-0.25, -0.2) is 0 Å². The number of nitrogens with two attached hydrogens (primary N) is 2. The van der Waals surface area contributed by atoms with Crippen LogP contribution in [0.15, 0.2) is 47.5 Å². The van der Waals surface area contributed by atoms with Gasteiger partial charge < -0.3 is 31.9 Å². The van der Waals surface area contributed by atoms with E-state index in [2.05, 4.69) is 20.4 Å². The number of primary amides is 1. The maximum absolute atomic E-state index is 13.8. The Hall–Kier alpha value is -4.95. The molecule has 0 aliphatic heterocycles. The van der Waals surface area contributed by atoms with Crippen LogP contribution in [0.5, 0.6) is 5.75 Å². The third-order valence-electron chi connectivity index (χ3n) is 8.48. The molecule has 240 valence electrons. The Balaban J connectivity index is 0.00000151. The molecular weight excluding hydrogens is 582 g/mol. The largest absolute Gasteiger partial charge is 0.508 e. The van der Waals surface area contributed by atoms with Crippen molar-refractivity contribution in [3.05, 3.63) is 75.6 Å². The van der Waals surface area contributed by atoms with E-state index >= 15 is 0 Å². The van der Waals surface area contributed by atoms with E-state index in [1.165, 1.54) is 0 Å². The number of phenols is 1. The minimum absolute atomic E-state index is 0. The summed E-state index contributed by atoms with van der Waals surface area (Å²) in [5.74, 6) is -6.78. The summed E-state index contributed by atoms with van der Waals surface area (Å²) in [5, 5.41) is 58.9. The zero-order valence-corrected chi connectivity index (χ0v) is 24.3. The van der Waals surface area contributed by atoms with Crippen molar-refractivity contribution >= 4 is 28.9 Å². The Kier molecular flexibility index (Phi) is 9.21. The van der Waals surface area contributed by atoms with E-state index in [1.54, 1.807) is 18.5 Å². The number of nitrogen functional groups attached to an aromatic ring is 1. The Morgan fingerprint density at radius 1 is 1.04 bits per heavy atom. The molecule has 0 bridgehead atoms. The molecule has 0 radical (unpaired) electrons. The molecule has 45 heavy (non-hydrogen) atoms. The minimum Gasteiger partial charge on any atom is -0.508 e. The summed E-state index contributed by atoms with van der Waals surface area (Å²) in [4.78, 5) is 40.1. The average molecular weight is 622 g/mol. The molecule has 3 aliphatic carbocycles. The molecule has 1 unspecified atom stereocenters. The fourth-order valence-corrected chi connectivity index (χ4v) is 6.53. The summed E-state index contributed by atoms with van der Waals surface area (Å²) in [6.45, 7) is 5.02. The Bertz CT molecular complexity index is 1640. The van der Waals surface area contributed by atoms with E-state index < -0.39 is 52.0 Å². The van der Waals surface area contributed by atoms with Gasteiger partial charge in [-0.3, -0.25) is 29.5 Å². The van der Waals surface area contributed by atoms with Crippen LogP contribution < -0.4 is 11.5 Å². The van der Waals surface area contributed by atoms with Crippen molar-refractivity contribution < 1.29 is 34.8 Å². The summed E-state index contributed by atoms with van der Waals surface area (Å²) in [7, 11) is 0. The summed E-state index contributed by atoms with van der Waals surface area (Å²) < 4.78 is 0. The van der Waals surface area contributed by atoms with Crippen LogP contribution in [0.25, 0.3) is 5.76 Å². The highest BCUT2D eigenvalue weighted by Crippen LogP contribution is 2.53. The van der Waals surface area contributed by atoms with Crippen LogP contribution in [-0.2, 0) is 40.4 Å². The second-order valence-corrected chi connectivity index (χ2v) is 11.0. The number of carbonyl (C=O) groups excluding carboxylic acids is 3. The zero-order chi connectivity index (χ0) is 31.9. The van der Waals surface area contributed by atoms with Gasteiger partial charge >= 0.3 is 0 Å². The lowest BCUT2D eigenvalue weighted by molar-refractivity contribution is -0.147. The predicted octanol–water partition coefficient (Wildman–Crippen LogP) is 2.32. The first-order valence-corrected chi connectivity index (χ1v) is 14.3. The van der Waals surface area contributed by atoms with E-state index in [4.69, 9.17) is 11.5 Å². The number of benzene rings is 1. The first-order valence-electron chi connectivity index (χ1n) is 14.3. The number of carbonyl (C=O) groups is 3. The van der Waals surface area contributed by atoms with E-state index in [1.807, 2.05) is 30.9 Å². The van der Waals surface area contributed by atoms with E-state index in [0.29, 0.717) is 24.2 Å². The van der Waals surface area contributed by atoms with Gasteiger partial charge in [0.05, 0.1) is 5.56 Å². The smallest absolute Gasteiger partial charge is 0.255 e. The molecule has 1 aromatic carbocycles. The molecule has 2 heterocycles. The number of aromatic amines is 2. The van der Waals surface area contributed by atoms with Gasteiger partial charge in [-0.2, -0.15) is 10.2 Å². The maximum Gasteiger partial charge on any atom is 0.255 e. The Labute approximate surface area is 259 Å². The van der Waals surface area contributed by atoms with Crippen molar-refractivity contribution in [2.75, 3.05) is 5.73 Å². The highest BCUT2D eigenvalue weighted by atomic mass is 16.3. The third kappa shape index (κ3) is 5.46. The van der Waals surface area contributed by atoms with Crippen molar-refractivity contribution in [2.24, 2.45) is 17.6 Å². The van der Waals surface area contributed by atoms with Crippen molar-refractivity contribution in [2.45, 2.75) is 65.8 Å². The lowest BCUT2D eigenvalue weighted by Crippen LogP contribution is -2.58. The fourth-order valence-electron chi connectivity index (χ4n) is 6.53. The van der Waals surface area contributed by atoms with Crippen LogP contribution in [0.1, 0.15) is 62.2 Å². The molecule has 6 rings (SSSR count). The predicted molar refractivity (Wildman–Crippen MR) is 164 cm³/mol. The van der Waals surface area contributed by atoms with Crippen molar-refractivity contribution in [1.29, 1.82) is 0 Å². The van der Waals surface area contributed by atoms with Crippen molar-refractivity contribution in [1.82, 2.24) is 25.3 Å². The summed E-state index contributed by atoms with van der Waals surface area (Å²) in [5.41, 5.74) is 10.7. The molecular formula is C31H39N7O7. The summed E-state index contributed by atoms with van der Waals surface area (Å²) >= 11 is 0. The standard InChI is InChI=1S/C28H29N7O7.C2H6.CH4/c29-18-7-13(9-35(10-15-1-3-31-33-15)11-16-2-4-32-34-16)23(37)21-17(18)6-12-5-14-8-19(36)22(27(30)41)26(40)28(14,42)25(39)20(12)24(21)38;1-2;/h1-4,7,12,14,37-38,40,42H,5-6,8-11,29H2,(H2,30,41)(H,31,33)(H,32,34);1-2H3;1H4/t12?,14-,28-;;/m0../s1. The third-order valence-corrected chi connectivity index (χ3v) is 8.48. The number of aromatic nitrogens is 4. The van der Waals surface area contributed by atoms with Crippen LogP contribution in [0, 0.1) is 11.8 Å². The van der Waals surface area contributed by atoms with Gasteiger partial charge in [0.1, 0.15) is 22.8 Å². The first kappa shape index (κ1) is 33.0. The number of hydrogen-bond donors (Lipinski definition) is 8. The maximum atomic E-state index is 13.8. The number of anilines is 1. The summed E-state index contributed by atoms with van der Waals surface area (Å²) in [6, 6.07) is 5.26. The molecule has 0 saturated heterocycles. The zero-order valence-electron chi connectivity index (χ0n) is 24.3.